The first-order valence-electron chi connectivity index (χ1n) is 13.9. The average molecular weight is 548 g/mol. The molecule has 0 saturated carbocycles. The van der Waals surface area contributed by atoms with E-state index in [4.69, 9.17) is 9.15 Å². The maximum atomic E-state index is 13.2. The lowest BCUT2D eigenvalue weighted by Crippen LogP contribution is -2.39. The van der Waals surface area contributed by atoms with E-state index in [1.165, 1.54) is 0 Å². The van der Waals surface area contributed by atoms with E-state index in [9.17, 15) is 4.79 Å². The Morgan fingerprint density at radius 3 is 2.70 bits per heavy atom. The third-order valence-electron chi connectivity index (χ3n) is 7.19. The van der Waals surface area contributed by atoms with Crippen molar-refractivity contribution >= 4 is 23.5 Å². The molecule has 1 unspecified atom stereocenters. The highest BCUT2D eigenvalue weighted by Crippen LogP contribution is 2.31. The van der Waals surface area contributed by atoms with Gasteiger partial charge in [0.15, 0.2) is 5.76 Å². The SMILES string of the molecule is Cc1ccc(NC(=O)c2cc(CN(C)C)c(C(C)(C)C)o2)cc1N1C=C(C2C=C(N3CCOCC3)C=NC2)NN1. The zero-order chi connectivity index (χ0) is 28.4. The fourth-order valence-corrected chi connectivity index (χ4v) is 5.18. The maximum Gasteiger partial charge on any atom is 0.291 e. The Balaban J connectivity index is 1.31. The first-order valence-corrected chi connectivity index (χ1v) is 13.9. The molecule has 214 valence electrons. The van der Waals surface area contributed by atoms with Gasteiger partial charge in [-0.3, -0.25) is 14.8 Å². The molecule has 10 heteroatoms. The number of amides is 1. The molecule has 1 aromatic carbocycles. The van der Waals surface area contributed by atoms with Crippen LogP contribution < -0.4 is 21.3 Å². The van der Waals surface area contributed by atoms with E-state index in [1.54, 1.807) is 0 Å². The van der Waals surface area contributed by atoms with Crippen molar-refractivity contribution in [3.63, 3.8) is 0 Å². The van der Waals surface area contributed by atoms with Crippen LogP contribution in [0.5, 0.6) is 0 Å². The van der Waals surface area contributed by atoms with Crippen LogP contribution in [0.1, 0.15) is 48.2 Å². The number of aryl methyl sites for hydroxylation is 1. The predicted molar refractivity (Wildman–Crippen MR) is 158 cm³/mol. The Bertz CT molecular complexity index is 1330. The number of carbonyl (C=O) groups is 1. The Hall–Kier alpha value is -3.60. The van der Waals surface area contributed by atoms with E-state index in [0.29, 0.717) is 24.5 Å². The van der Waals surface area contributed by atoms with Gasteiger partial charge in [0.25, 0.3) is 5.91 Å². The van der Waals surface area contributed by atoms with E-state index in [-0.39, 0.29) is 17.2 Å². The number of aliphatic imine (C=N–C) groups is 1. The van der Waals surface area contributed by atoms with Crippen molar-refractivity contribution in [2.45, 2.75) is 39.7 Å². The van der Waals surface area contributed by atoms with E-state index < -0.39 is 0 Å². The van der Waals surface area contributed by atoms with Crippen LogP contribution in [0.4, 0.5) is 11.4 Å². The molecule has 1 amide bonds. The number of morpholine rings is 1. The summed E-state index contributed by atoms with van der Waals surface area (Å²) >= 11 is 0. The van der Waals surface area contributed by atoms with E-state index in [2.05, 4.69) is 64.1 Å². The molecule has 0 aliphatic carbocycles. The molecule has 3 aliphatic rings. The fourth-order valence-electron chi connectivity index (χ4n) is 5.18. The van der Waals surface area contributed by atoms with Crippen molar-refractivity contribution in [3.8, 4) is 0 Å². The second-order valence-electron chi connectivity index (χ2n) is 11.9. The van der Waals surface area contributed by atoms with Gasteiger partial charge in [-0.1, -0.05) is 26.8 Å². The van der Waals surface area contributed by atoms with Crippen molar-refractivity contribution in [3.05, 3.63) is 70.6 Å². The summed E-state index contributed by atoms with van der Waals surface area (Å²) in [6, 6.07) is 7.73. The van der Waals surface area contributed by atoms with Gasteiger partial charge in [0.2, 0.25) is 0 Å². The zero-order valence-electron chi connectivity index (χ0n) is 24.4. The number of nitrogens with zero attached hydrogens (tertiary/aromatic N) is 4. The number of hydrazine groups is 2. The second-order valence-corrected chi connectivity index (χ2v) is 11.9. The molecule has 2 aromatic rings. The summed E-state index contributed by atoms with van der Waals surface area (Å²) in [5, 5.41) is 4.97. The van der Waals surface area contributed by atoms with Gasteiger partial charge in [-0.05, 0) is 50.9 Å². The highest BCUT2D eigenvalue weighted by Gasteiger charge is 2.27. The number of dihydropyridines is 1. The summed E-state index contributed by atoms with van der Waals surface area (Å²) in [6.07, 6.45) is 6.29. The molecular weight excluding hydrogens is 506 g/mol. The van der Waals surface area contributed by atoms with Crippen molar-refractivity contribution in [1.29, 1.82) is 0 Å². The molecule has 1 aromatic heterocycles. The molecule has 10 nitrogen and oxygen atoms in total. The number of anilines is 2. The van der Waals surface area contributed by atoms with Crippen LogP contribution in [-0.2, 0) is 16.7 Å². The van der Waals surface area contributed by atoms with Gasteiger partial charge in [-0.2, -0.15) is 0 Å². The average Bonchev–Trinajstić information content (AvgIpc) is 3.58. The van der Waals surface area contributed by atoms with Gasteiger partial charge in [-0.25, -0.2) is 0 Å². The number of ether oxygens (including phenoxy) is 1. The molecular formula is C30H41N7O3. The van der Waals surface area contributed by atoms with E-state index >= 15 is 0 Å². The molecule has 1 fully saturated rings. The summed E-state index contributed by atoms with van der Waals surface area (Å²) in [7, 11) is 4.02. The number of furan rings is 1. The molecule has 3 N–H and O–H groups in total. The lowest BCUT2D eigenvalue weighted by Gasteiger charge is -2.31. The van der Waals surface area contributed by atoms with Crippen LogP contribution in [-0.4, -0.2) is 68.9 Å². The highest BCUT2D eigenvalue weighted by atomic mass is 16.5. The number of carbonyl (C=O) groups excluding carboxylic acids is 1. The van der Waals surface area contributed by atoms with Crippen molar-refractivity contribution in [2.24, 2.45) is 10.9 Å². The second kappa shape index (κ2) is 11.5. The monoisotopic (exact) mass is 547 g/mol. The van der Waals surface area contributed by atoms with Crippen molar-refractivity contribution in [2.75, 3.05) is 57.3 Å². The topological polar surface area (TPSA) is 97.6 Å². The summed E-state index contributed by atoms with van der Waals surface area (Å²) < 4.78 is 11.6. The summed E-state index contributed by atoms with van der Waals surface area (Å²) in [5.41, 5.74) is 12.3. The van der Waals surface area contributed by atoms with Crippen LogP contribution in [0.3, 0.4) is 0 Å². The van der Waals surface area contributed by atoms with Crippen LogP contribution >= 0.6 is 0 Å². The Morgan fingerprint density at radius 2 is 1.98 bits per heavy atom. The normalized spacial score (nSPS) is 19.5. The van der Waals surface area contributed by atoms with Crippen LogP contribution in [0, 0.1) is 12.8 Å². The number of allylic oxidation sites excluding steroid dienone is 1. The third-order valence-corrected chi connectivity index (χ3v) is 7.19. The van der Waals surface area contributed by atoms with Crippen LogP contribution in [0.15, 0.2) is 57.3 Å². The first kappa shape index (κ1) is 27.9. The predicted octanol–water partition coefficient (Wildman–Crippen LogP) is 3.79. The van der Waals surface area contributed by atoms with Gasteiger partial charge in [0.1, 0.15) is 5.76 Å². The largest absolute Gasteiger partial charge is 0.455 e. The van der Waals surface area contributed by atoms with Crippen LogP contribution in [0.2, 0.25) is 0 Å². The first-order chi connectivity index (χ1) is 19.1. The van der Waals surface area contributed by atoms with Gasteiger partial charge in [0, 0.05) is 54.6 Å². The molecule has 3 aliphatic heterocycles. The van der Waals surface area contributed by atoms with Crippen molar-refractivity contribution in [1.82, 2.24) is 20.8 Å². The van der Waals surface area contributed by atoms with Gasteiger partial charge >= 0.3 is 0 Å². The smallest absolute Gasteiger partial charge is 0.291 e. The van der Waals surface area contributed by atoms with E-state index in [1.807, 2.05) is 56.5 Å². The van der Waals surface area contributed by atoms with Gasteiger partial charge in [-0.15, -0.1) is 5.53 Å². The minimum absolute atomic E-state index is 0.135. The summed E-state index contributed by atoms with van der Waals surface area (Å²) in [6.45, 7) is 13.0. The molecule has 40 heavy (non-hydrogen) atoms. The molecule has 5 rings (SSSR count). The van der Waals surface area contributed by atoms with Crippen LogP contribution in [0.25, 0.3) is 0 Å². The summed E-state index contributed by atoms with van der Waals surface area (Å²) in [4.78, 5) is 22.3. The minimum atomic E-state index is -0.269. The molecule has 0 bridgehead atoms. The standard InChI is InChI=1S/C30H41N7O3/c1-20-7-8-23(32-29(38)27-14-22(18-35(5)6)28(40-27)30(2,3)4)15-26(20)37-19-25(33-34-37)21-13-24(17-31-16-21)36-9-11-39-12-10-36/h7-8,13-15,17,19,21,33-34H,9-12,16,18H2,1-6H3,(H,32,38). The molecule has 0 spiro atoms. The van der Waals surface area contributed by atoms with Gasteiger partial charge in [0.05, 0.1) is 36.8 Å². The number of nitrogens with one attached hydrogen (secondary N) is 3. The third kappa shape index (κ3) is 6.24. The summed E-state index contributed by atoms with van der Waals surface area (Å²) in [5.74, 6) is 1.01. The number of hydrogen-bond donors (Lipinski definition) is 3. The Kier molecular flexibility index (Phi) is 8.02. The molecule has 4 heterocycles. The lowest BCUT2D eigenvalue weighted by atomic mass is 9.90. The minimum Gasteiger partial charge on any atom is -0.455 e. The highest BCUT2D eigenvalue weighted by molar-refractivity contribution is 6.02. The number of hydrogen-bond acceptors (Lipinski definition) is 9. The molecule has 1 saturated heterocycles. The van der Waals surface area contributed by atoms with E-state index in [0.717, 1.165) is 60.3 Å². The van der Waals surface area contributed by atoms with Gasteiger partial charge < -0.3 is 29.7 Å². The molecule has 0 radical (unpaired) electrons. The zero-order valence-corrected chi connectivity index (χ0v) is 24.4. The molecule has 1 atom stereocenters. The Morgan fingerprint density at radius 1 is 1.20 bits per heavy atom. The van der Waals surface area contributed by atoms with Crippen molar-refractivity contribution < 1.29 is 13.9 Å². The quantitative estimate of drug-likeness (QED) is 0.482. The maximum absolute atomic E-state index is 13.2. The Labute approximate surface area is 236 Å². The number of rotatable bonds is 7. The number of benzene rings is 1. The lowest BCUT2D eigenvalue weighted by molar-refractivity contribution is 0.0563. The fraction of sp³-hybridized carbons (Fsp3) is 0.467.